The average Bonchev–Trinajstić information content (AvgIpc) is 3.23. The van der Waals surface area contributed by atoms with E-state index in [1.54, 1.807) is 40.8 Å². The molecule has 0 unspecified atom stereocenters. The van der Waals surface area contributed by atoms with Crippen molar-refractivity contribution in [2.24, 2.45) is 7.05 Å². The molecular formula is C29H28F3N4O5. The fourth-order valence-corrected chi connectivity index (χ4v) is 5.49. The number of ether oxygens (including phenoxy) is 2. The Morgan fingerprint density at radius 2 is 1.80 bits per heavy atom. The Hall–Kier alpha value is -4.48. The van der Waals surface area contributed by atoms with Gasteiger partial charge in [-0.25, -0.2) is 0 Å². The first-order valence-electron chi connectivity index (χ1n) is 12.9. The standard InChI is InChI=1S/C29H28F3N4O5/c1-17(37)35-13-11-19(12-14-35)33-27(38)25-26(40-3)23-24(34(25)2)21-9-4-5-10-22(21)36(28(23)39)16-18-7-6-8-20(15-18)41-29(30,31)32/h4-10,15,19H,1,11-14,16H2,2-3H3,(H,33,38). The summed E-state index contributed by atoms with van der Waals surface area (Å²) in [4.78, 5) is 40.7. The first-order valence-corrected chi connectivity index (χ1v) is 12.9. The van der Waals surface area contributed by atoms with E-state index in [2.05, 4.69) is 17.0 Å². The van der Waals surface area contributed by atoms with Gasteiger partial charge in [-0.3, -0.25) is 14.4 Å². The van der Waals surface area contributed by atoms with Crippen LogP contribution in [0.5, 0.6) is 11.5 Å². The largest absolute Gasteiger partial charge is 0.573 e. The van der Waals surface area contributed by atoms with E-state index in [-0.39, 0.29) is 35.3 Å². The van der Waals surface area contributed by atoms with Gasteiger partial charge in [-0.05, 0) is 36.6 Å². The molecule has 5 rings (SSSR count). The lowest BCUT2D eigenvalue weighted by molar-refractivity contribution is -0.274. The van der Waals surface area contributed by atoms with E-state index in [1.165, 1.54) is 29.9 Å². The van der Waals surface area contributed by atoms with Gasteiger partial charge in [0.15, 0.2) is 11.4 Å². The molecule has 3 heterocycles. The summed E-state index contributed by atoms with van der Waals surface area (Å²) >= 11 is 0. The molecule has 1 fully saturated rings. The number of carbonyl (C=O) groups excluding carboxylic acids is 2. The minimum atomic E-state index is -4.85. The zero-order valence-electron chi connectivity index (χ0n) is 22.5. The Labute approximate surface area is 233 Å². The van der Waals surface area contributed by atoms with Crippen molar-refractivity contribution in [1.82, 2.24) is 19.4 Å². The molecule has 9 nitrogen and oxygen atoms in total. The summed E-state index contributed by atoms with van der Waals surface area (Å²) in [5.41, 5.74) is 1.15. The molecule has 2 amide bonds. The van der Waals surface area contributed by atoms with Gasteiger partial charge >= 0.3 is 6.36 Å². The highest BCUT2D eigenvalue weighted by Crippen LogP contribution is 2.35. The van der Waals surface area contributed by atoms with Gasteiger partial charge in [-0.2, -0.15) is 0 Å². The van der Waals surface area contributed by atoms with Gasteiger partial charge < -0.3 is 28.8 Å². The van der Waals surface area contributed by atoms with Crippen LogP contribution in [-0.2, 0) is 18.4 Å². The maximum Gasteiger partial charge on any atom is 0.573 e. The van der Waals surface area contributed by atoms with Crippen LogP contribution in [0.2, 0.25) is 0 Å². The van der Waals surface area contributed by atoms with Gasteiger partial charge in [0.1, 0.15) is 11.1 Å². The molecule has 1 aliphatic heterocycles. The van der Waals surface area contributed by atoms with E-state index >= 15 is 0 Å². The molecule has 215 valence electrons. The number of hydrogen-bond donors (Lipinski definition) is 1. The second-order valence-corrected chi connectivity index (χ2v) is 9.90. The lowest BCUT2D eigenvalue weighted by Gasteiger charge is -2.31. The van der Waals surface area contributed by atoms with Crippen LogP contribution in [0.4, 0.5) is 13.2 Å². The maximum atomic E-state index is 14.0. The lowest BCUT2D eigenvalue weighted by atomic mass is 10.0. The molecule has 0 spiro atoms. The third-order valence-electron chi connectivity index (χ3n) is 7.33. The summed E-state index contributed by atoms with van der Waals surface area (Å²) < 4.78 is 51.1. The molecule has 4 aromatic rings. The summed E-state index contributed by atoms with van der Waals surface area (Å²) in [7, 11) is 3.05. The minimum absolute atomic E-state index is 0.0481. The van der Waals surface area contributed by atoms with Crippen LogP contribution in [0.15, 0.2) is 53.3 Å². The van der Waals surface area contributed by atoms with Crippen molar-refractivity contribution in [1.29, 1.82) is 0 Å². The number of carbonyl (C=O) groups is 2. The number of benzene rings is 2. The quantitative estimate of drug-likeness (QED) is 0.379. The second kappa shape index (κ2) is 10.8. The van der Waals surface area contributed by atoms with E-state index < -0.39 is 23.6 Å². The maximum absolute atomic E-state index is 14.0. The number of alkyl halides is 3. The van der Waals surface area contributed by atoms with Gasteiger partial charge in [0.2, 0.25) is 5.91 Å². The van der Waals surface area contributed by atoms with Crippen molar-refractivity contribution in [2.75, 3.05) is 20.2 Å². The number of pyridine rings is 1. The van der Waals surface area contributed by atoms with Crippen molar-refractivity contribution < 1.29 is 32.2 Å². The molecule has 1 saturated heterocycles. The number of halogens is 3. The Kier molecular flexibility index (Phi) is 7.41. The molecule has 2 aromatic heterocycles. The Morgan fingerprint density at radius 3 is 2.46 bits per heavy atom. The summed E-state index contributed by atoms with van der Waals surface area (Å²) in [6, 6.07) is 12.4. The number of likely N-dealkylation sites (tertiary alicyclic amines) is 1. The second-order valence-electron chi connectivity index (χ2n) is 9.90. The number of methoxy groups -OCH3 is 1. The molecule has 0 atom stereocenters. The van der Waals surface area contributed by atoms with E-state index in [0.717, 1.165) is 0 Å². The van der Waals surface area contributed by atoms with E-state index in [1.807, 2.05) is 6.07 Å². The van der Waals surface area contributed by atoms with Gasteiger partial charge in [-0.1, -0.05) is 30.3 Å². The van der Waals surface area contributed by atoms with Crippen LogP contribution in [0.25, 0.3) is 21.8 Å². The topological polar surface area (TPSA) is 94.8 Å². The van der Waals surface area contributed by atoms with Crippen molar-refractivity contribution in [2.45, 2.75) is 31.8 Å². The Morgan fingerprint density at radius 1 is 1.10 bits per heavy atom. The Bertz CT molecular complexity index is 1700. The molecule has 41 heavy (non-hydrogen) atoms. The number of nitrogens with one attached hydrogen (secondary N) is 1. The monoisotopic (exact) mass is 569 g/mol. The molecule has 1 aliphatic rings. The molecule has 2 aromatic carbocycles. The smallest absolute Gasteiger partial charge is 0.493 e. The Balaban J connectivity index is 1.58. The number of aryl methyl sites for hydroxylation is 1. The van der Waals surface area contributed by atoms with Crippen LogP contribution in [-0.4, -0.2) is 58.5 Å². The number of rotatable bonds is 6. The molecule has 0 aliphatic carbocycles. The van der Waals surface area contributed by atoms with Crippen molar-refractivity contribution in [3.63, 3.8) is 0 Å². The average molecular weight is 570 g/mol. The normalized spacial score (nSPS) is 14.4. The van der Waals surface area contributed by atoms with Gasteiger partial charge in [0.25, 0.3) is 11.5 Å². The van der Waals surface area contributed by atoms with Gasteiger partial charge in [0.05, 0.1) is 24.7 Å². The molecule has 12 heteroatoms. The van der Waals surface area contributed by atoms with Gasteiger partial charge in [0, 0.05) is 38.5 Å². The number of aromatic nitrogens is 2. The molecule has 0 saturated carbocycles. The van der Waals surface area contributed by atoms with Crippen LogP contribution in [0, 0.1) is 6.92 Å². The highest BCUT2D eigenvalue weighted by atomic mass is 19.4. The van der Waals surface area contributed by atoms with Crippen molar-refractivity contribution >= 4 is 33.6 Å². The lowest BCUT2D eigenvalue weighted by Crippen LogP contribution is -2.46. The fraction of sp³-hybridized carbons (Fsp3) is 0.310. The number of fused-ring (bicyclic) bond motifs is 3. The summed E-state index contributed by atoms with van der Waals surface area (Å²) in [5.74, 6) is -0.973. The van der Waals surface area contributed by atoms with Crippen LogP contribution in [0.1, 0.15) is 28.9 Å². The third-order valence-corrected chi connectivity index (χ3v) is 7.33. The number of para-hydroxylation sites is 1. The fourth-order valence-electron chi connectivity index (χ4n) is 5.49. The molecule has 1 N–H and O–H groups in total. The number of amides is 2. The van der Waals surface area contributed by atoms with E-state index in [9.17, 15) is 27.6 Å². The zero-order valence-corrected chi connectivity index (χ0v) is 22.5. The predicted octanol–water partition coefficient (Wildman–Crippen LogP) is 4.00. The summed E-state index contributed by atoms with van der Waals surface area (Å²) in [6.45, 7) is 4.34. The molecular weight excluding hydrogens is 541 g/mol. The number of hydrogen-bond acceptors (Lipinski definition) is 5. The third kappa shape index (κ3) is 5.46. The summed E-state index contributed by atoms with van der Waals surface area (Å²) in [6.07, 6.45) is -3.73. The van der Waals surface area contributed by atoms with E-state index in [0.29, 0.717) is 47.9 Å². The van der Waals surface area contributed by atoms with Crippen molar-refractivity contribution in [3.05, 3.63) is 77.1 Å². The minimum Gasteiger partial charge on any atom is -0.493 e. The first kappa shape index (κ1) is 28.1. The SMILES string of the molecule is [CH2]C(=O)N1CCC(NC(=O)c2c(OC)c3c(=O)n(Cc4cccc(OC(F)(F)F)c4)c4ccccc4c3n2C)CC1. The zero-order chi connectivity index (χ0) is 29.5. The van der Waals surface area contributed by atoms with Gasteiger partial charge in [-0.15, -0.1) is 13.2 Å². The molecule has 1 radical (unpaired) electrons. The van der Waals surface area contributed by atoms with Crippen LogP contribution >= 0.6 is 0 Å². The molecule has 0 bridgehead atoms. The first-order chi connectivity index (χ1) is 19.5. The highest BCUT2D eigenvalue weighted by molar-refractivity contribution is 6.12. The van der Waals surface area contributed by atoms with Crippen molar-refractivity contribution in [3.8, 4) is 11.5 Å². The van der Waals surface area contributed by atoms with Crippen LogP contribution < -0.4 is 20.3 Å². The predicted molar refractivity (Wildman–Crippen MR) is 146 cm³/mol. The number of piperidine rings is 1. The number of nitrogens with zero attached hydrogens (tertiary/aromatic N) is 3. The van der Waals surface area contributed by atoms with Crippen LogP contribution in [0.3, 0.4) is 0 Å². The summed E-state index contributed by atoms with van der Waals surface area (Å²) in [5, 5.41) is 3.84. The highest BCUT2D eigenvalue weighted by Gasteiger charge is 2.32. The van der Waals surface area contributed by atoms with E-state index in [4.69, 9.17) is 4.74 Å².